The molecule has 0 aromatic heterocycles. The van der Waals surface area contributed by atoms with Crippen molar-refractivity contribution in [1.82, 2.24) is 16.2 Å². The summed E-state index contributed by atoms with van der Waals surface area (Å²) in [5.74, 6) is -0.170. The molecule has 23 heavy (non-hydrogen) atoms. The van der Waals surface area contributed by atoms with Crippen molar-refractivity contribution in [3.05, 3.63) is 35.9 Å². The smallest absolute Gasteiger partial charge is 0.241 e. The minimum Gasteiger partial charge on any atom is -0.302 e. The highest BCUT2D eigenvalue weighted by molar-refractivity contribution is 7.80. The first-order chi connectivity index (χ1) is 11.1. The van der Waals surface area contributed by atoms with E-state index in [1.807, 2.05) is 30.3 Å². The topological polar surface area (TPSA) is 70.2 Å². The molecule has 0 spiro atoms. The Morgan fingerprint density at radius 3 is 2.43 bits per heavy atom. The average Bonchev–Trinajstić information content (AvgIpc) is 2.59. The Morgan fingerprint density at radius 1 is 1.04 bits per heavy atom. The minimum atomic E-state index is -0.168. The van der Waals surface area contributed by atoms with Gasteiger partial charge in [-0.15, -0.1) is 0 Å². The fourth-order valence-corrected chi connectivity index (χ4v) is 2.87. The number of amides is 2. The Kier molecular flexibility index (Phi) is 7.00. The Hall–Kier alpha value is -1.95. The van der Waals surface area contributed by atoms with Crippen molar-refractivity contribution in [3.8, 4) is 0 Å². The number of benzene rings is 1. The Balaban J connectivity index is 1.63. The monoisotopic (exact) mass is 333 g/mol. The molecule has 0 atom stereocenters. The molecule has 0 radical (unpaired) electrons. The number of rotatable bonds is 4. The van der Waals surface area contributed by atoms with Crippen LogP contribution in [0.25, 0.3) is 0 Å². The van der Waals surface area contributed by atoms with Gasteiger partial charge in [-0.05, 0) is 37.0 Å². The second-order valence-corrected chi connectivity index (χ2v) is 6.22. The maximum atomic E-state index is 12.0. The van der Waals surface area contributed by atoms with Gasteiger partial charge in [-0.25, -0.2) is 0 Å². The lowest BCUT2D eigenvalue weighted by molar-refractivity contribution is -0.126. The molecule has 1 aliphatic carbocycles. The molecule has 0 heterocycles. The fraction of sp³-hybridized carbons (Fsp3) is 0.471. The zero-order chi connectivity index (χ0) is 16.5. The van der Waals surface area contributed by atoms with Crippen LogP contribution in [-0.2, 0) is 16.0 Å². The SMILES string of the molecule is O=C(CCc1ccccc1)NC(=S)NNC(=O)C1CCCCC1. The molecule has 0 bridgehead atoms. The van der Waals surface area contributed by atoms with E-state index in [0.717, 1.165) is 31.2 Å². The molecule has 1 aromatic rings. The van der Waals surface area contributed by atoms with E-state index in [4.69, 9.17) is 12.2 Å². The predicted molar refractivity (Wildman–Crippen MR) is 93.4 cm³/mol. The quantitative estimate of drug-likeness (QED) is 0.584. The number of carbonyl (C=O) groups excluding carboxylic acids is 2. The van der Waals surface area contributed by atoms with E-state index < -0.39 is 0 Å². The van der Waals surface area contributed by atoms with E-state index in [2.05, 4.69) is 16.2 Å². The zero-order valence-corrected chi connectivity index (χ0v) is 14.0. The van der Waals surface area contributed by atoms with Gasteiger partial charge in [0.05, 0.1) is 0 Å². The molecule has 2 rings (SSSR count). The van der Waals surface area contributed by atoms with E-state index in [1.165, 1.54) is 6.42 Å². The van der Waals surface area contributed by atoms with Gasteiger partial charge in [0, 0.05) is 12.3 Å². The largest absolute Gasteiger partial charge is 0.302 e. The van der Waals surface area contributed by atoms with Gasteiger partial charge in [0.15, 0.2) is 5.11 Å². The molecule has 6 heteroatoms. The molecule has 1 aliphatic rings. The number of hydrazine groups is 1. The van der Waals surface area contributed by atoms with Gasteiger partial charge in [-0.1, -0.05) is 49.6 Å². The van der Waals surface area contributed by atoms with Gasteiger partial charge < -0.3 is 5.32 Å². The number of carbonyl (C=O) groups is 2. The molecule has 1 fully saturated rings. The van der Waals surface area contributed by atoms with E-state index in [-0.39, 0.29) is 22.8 Å². The minimum absolute atomic E-state index is 0.0489. The van der Waals surface area contributed by atoms with Crippen molar-refractivity contribution >= 4 is 29.1 Å². The van der Waals surface area contributed by atoms with Crippen LogP contribution in [0.1, 0.15) is 44.1 Å². The van der Waals surface area contributed by atoms with Crippen LogP contribution >= 0.6 is 12.2 Å². The molecule has 1 aromatic carbocycles. The van der Waals surface area contributed by atoms with E-state index in [0.29, 0.717) is 12.8 Å². The summed E-state index contributed by atoms with van der Waals surface area (Å²) in [6.45, 7) is 0. The lowest BCUT2D eigenvalue weighted by Crippen LogP contribution is -2.50. The number of hydrogen-bond donors (Lipinski definition) is 3. The van der Waals surface area contributed by atoms with Crippen LogP contribution in [0.4, 0.5) is 0 Å². The van der Waals surface area contributed by atoms with Gasteiger partial charge >= 0.3 is 0 Å². The van der Waals surface area contributed by atoms with Crippen LogP contribution in [0.5, 0.6) is 0 Å². The van der Waals surface area contributed by atoms with E-state index in [1.54, 1.807) is 0 Å². The van der Waals surface area contributed by atoms with E-state index >= 15 is 0 Å². The predicted octanol–water partition coefficient (Wildman–Crippen LogP) is 2.22. The first-order valence-electron chi connectivity index (χ1n) is 8.09. The molecule has 124 valence electrons. The number of aryl methyl sites for hydroxylation is 1. The second-order valence-electron chi connectivity index (χ2n) is 5.81. The van der Waals surface area contributed by atoms with Crippen molar-refractivity contribution in [3.63, 3.8) is 0 Å². The third kappa shape index (κ3) is 6.36. The Morgan fingerprint density at radius 2 is 1.74 bits per heavy atom. The standard InChI is InChI=1S/C17H23N3O2S/c21-15(12-11-13-7-3-1-4-8-13)18-17(23)20-19-16(22)14-9-5-2-6-10-14/h1,3-4,7-8,14H,2,5-6,9-12H2,(H,19,22)(H2,18,20,21,23). The first-order valence-corrected chi connectivity index (χ1v) is 8.49. The molecule has 1 saturated carbocycles. The van der Waals surface area contributed by atoms with Gasteiger partial charge in [-0.2, -0.15) is 0 Å². The highest BCUT2D eigenvalue weighted by Gasteiger charge is 2.21. The van der Waals surface area contributed by atoms with Crippen LogP contribution in [0.3, 0.4) is 0 Å². The normalized spacial score (nSPS) is 14.8. The van der Waals surface area contributed by atoms with Crippen LogP contribution in [0.2, 0.25) is 0 Å². The first kappa shape index (κ1) is 17.4. The molecule has 3 N–H and O–H groups in total. The summed E-state index contributed by atoms with van der Waals surface area (Å²) in [5.41, 5.74) is 6.30. The third-order valence-electron chi connectivity index (χ3n) is 4.01. The second kappa shape index (κ2) is 9.25. The Labute approximate surface area is 142 Å². The van der Waals surface area contributed by atoms with Gasteiger partial charge in [0.1, 0.15) is 0 Å². The summed E-state index contributed by atoms with van der Waals surface area (Å²) >= 11 is 5.02. The molecule has 0 aliphatic heterocycles. The van der Waals surface area contributed by atoms with Crippen LogP contribution in [-0.4, -0.2) is 16.9 Å². The number of nitrogens with one attached hydrogen (secondary N) is 3. The molecular formula is C17H23N3O2S. The summed E-state index contributed by atoms with van der Waals surface area (Å²) in [6, 6.07) is 9.79. The van der Waals surface area contributed by atoms with Gasteiger partial charge in [0.2, 0.25) is 11.8 Å². The van der Waals surface area contributed by atoms with Gasteiger partial charge in [0.25, 0.3) is 0 Å². The maximum absolute atomic E-state index is 12.0. The summed E-state index contributed by atoms with van der Waals surface area (Å²) in [4.78, 5) is 23.8. The Bertz CT molecular complexity index is 542. The van der Waals surface area contributed by atoms with Crippen LogP contribution in [0.15, 0.2) is 30.3 Å². The third-order valence-corrected chi connectivity index (χ3v) is 4.22. The molecular weight excluding hydrogens is 310 g/mol. The van der Waals surface area contributed by atoms with Crippen molar-refractivity contribution in [1.29, 1.82) is 0 Å². The van der Waals surface area contributed by atoms with E-state index in [9.17, 15) is 9.59 Å². The summed E-state index contributed by atoms with van der Waals surface area (Å²) in [7, 11) is 0. The molecule has 2 amide bonds. The molecule has 0 saturated heterocycles. The zero-order valence-electron chi connectivity index (χ0n) is 13.1. The summed E-state index contributed by atoms with van der Waals surface area (Å²) in [6.07, 6.45) is 6.24. The summed E-state index contributed by atoms with van der Waals surface area (Å²) < 4.78 is 0. The van der Waals surface area contributed by atoms with Crippen LogP contribution < -0.4 is 16.2 Å². The lowest BCUT2D eigenvalue weighted by atomic mass is 9.89. The van der Waals surface area contributed by atoms with Crippen molar-refractivity contribution < 1.29 is 9.59 Å². The fourth-order valence-electron chi connectivity index (χ4n) is 2.71. The van der Waals surface area contributed by atoms with Crippen molar-refractivity contribution in [2.24, 2.45) is 5.92 Å². The van der Waals surface area contributed by atoms with Gasteiger partial charge in [-0.3, -0.25) is 20.4 Å². The highest BCUT2D eigenvalue weighted by Crippen LogP contribution is 2.23. The maximum Gasteiger partial charge on any atom is 0.241 e. The van der Waals surface area contributed by atoms with Crippen molar-refractivity contribution in [2.75, 3.05) is 0 Å². The average molecular weight is 333 g/mol. The van der Waals surface area contributed by atoms with Crippen molar-refractivity contribution in [2.45, 2.75) is 44.9 Å². The molecule has 0 unspecified atom stereocenters. The summed E-state index contributed by atoms with van der Waals surface area (Å²) in [5, 5.41) is 2.71. The molecule has 5 nitrogen and oxygen atoms in total. The number of hydrogen-bond acceptors (Lipinski definition) is 3. The lowest BCUT2D eigenvalue weighted by Gasteiger charge is -2.21. The number of thiocarbonyl (C=S) groups is 1. The highest BCUT2D eigenvalue weighted by atomic mass is 32.1. The van der Waals surface area contributed by atoms with Crippen LogP contribution in [0, 0.1) is 5.92 Å².